The van der Waals surface area contributed by atoms with E-state index in [0.29, 0.717) is 6.42 Å². The number of ether oxygens (including phenoxy) is 2. The summed E-state index contributed by atoms with van der Waals surface area (Å²) in [7, 11) is 0. The van der Waals surface area contributed by atoms with Crippen molar-refractivity contribution in [1.82, 2.24) is 0 Å². The second-order valence-corrected chi connectivity index (χ2v) is 4.81. The highest BCUT2D eigenvalue weighted by molar-refractivity contribution is 5.77. The van der Waals surface area contributed by atoms with Crippen LogP contribution in [-0.4, -0.2) is 37.5 Å². The monoisotopic (exact) mass is 302 g/mol. The van der Waals surface area contributed by atoms with E-state index >= 15 is 0 Å². The van der Waals surface area contributed by atoms with E-state index in [1.54, 1.807) is 20.8 Å². The Morgan fingerprint density at radius 2 is 1.50 bits per heavy atom. The topological polar surface area (TPSA) is 52.6 Å². The van der Waals surface area contributed by atoms with Crippen LogP contribution in [0.3, 0.4) is 0 Å². The molecule has 0 fully saturated rings. The Morgan fingerprint density at radius 3 is 1.90 bits per heavy atom. The van der Waals surface area contributed by atoms with Crippen LogP contribution in [0.5, 0.6) is 0 Å². The lowest BCUT2D eigenvalue weighted by Gasteiger charge is -2.20. The molecular formula is C12H18F4O4. The number of halogens is 4. The molecule has 0 aliphatic carbocycles. The van der Waals surface area contributed by atoms with Crippen molar-refractivity contribution in [3.05, 3.63) is 0 Å². The number of carbonyl (C=O) groups is 2. The lowest BCUT2D eigenvalue weighted by atomic mass is 9.91. The molecule has 20 heavy (non-hydrogen) atoms. The van der Waals surface area contributed by atoms with Crippen LogP contribution >= 0.6 is 0 Å². The van der Waals surface area contributed by atoms with Crippen LogP contribution in [0.2, 0.25) is 0 Å². The molecule has 0 N–H and O–H groups in total. The molecule has 8 heteroatoms. The Morgan fingerprint density at radius 1 is 1.05 bits per heavy atom. The van der Waals surface area contributed by atoms with E-state index in [-0.39, 0.29) is 0 Å². The van der Waals surface area contributed by atoms with E-state index in [0.717, 1.165) is 0 Å². The van der Waals surface area contributed by atoms with Crippen molar-refractivity contribution in [1.29, 1.82) is 0 Å². The van der Waals surface area contributed by atoms with Gasteiger partial charge in [0.2, 0.25) is 6.43 Å². The van der Waals surface area contributed by atoms with Crippen molar-refractivity contribution >= 4 is 11.9 Å². The summed E-state index contributed by atoms with van der Waals surface area (Å²) in [6.45, 7) is 4.03. The summed E-state index contributed by atoms with van der Waals surface area (Å²) in [5.74, 6) is -6.86. The molecule has 118 valence electrons. The molecule has 0 unspecified atom stereocenters. The van der Waals surface area contributed by atoms with Gasteiger partial charge in [-0.2, -0.15) is 8.78 Å². The van der Waals surface area contributed by atoms with E-state index in [2.05, 4.69) is 4.74 Å². The van der Waals surface area contributed by atoms with Gasteiger partial charge >= 0.3 is 17.9 Å². The molecule has 0 aliphatic rings. The van der Waals surface area contributed by atoms with Crippen molar-refractivity contribution in [2.24, 2.45) is 5.41 Å². The summed E-state index contributed by atoms with van der Waals surface area (Å²) in [4.78, 5) is 22.3. The van der Waals surface area contributed by atoms with Gasteiger partial charge in [0, 0.05) is 0 Å². The zero-order chi connectivity index (χ0) is 16.0. The van der Waals surface area contributed by atoms with Gasteiger partial charge in [-0.25, -0.2) is 13.6 Å². The van der Waals surface area contributed by atoms with E-state index in [1.165, 1.54) is 0 Å². The zero-order valence-electron chi connectivity index (χ0n) is 11.6. The minimum absolute atomic E-state index is 0.404. The predicted molar refractivity (Wildman–Crippen MR) is 61.6 cm³/mol. The molecule has 0 aromatic rings. The molecule has 0 bridgehead atoms. The van der Waals surface area contributed by atoms with E-state index in [4.69, 9.17) is 4.74 Å². The minimum Gasteiger partial charge on any atom is -0.462 e. The number of esters is 2. The maximum absolute atomic E-state index is 12.8. The lowest BCUT2D eigenvalue weighted by molar-refractivity contribution is -0.180. The number of alkyl halides is 4. The van der Waals surface area contributed by atoms with Crippen molar-refractivity contribution in [3.63, 3.8) is 0 Å². The van der Waals surface area contributed by atoms with Crippen molar-refractivity contribution in [3.8, 4) is 0 Å². The fourth-order valence-electron chi connectivity index (χ4n) is 0.991. The average Bonchev–Trinajstić information content (AvgIpc) is 2.32. The van der Waals surface area contributed by atoms with E-state index in [1.807, 2.05) is 0 Å². The first-order valence-electron chi connectivity index (χ1n) is 6.03. The van der Waals surface area contributed by atoms with Crippen molar-refractivity contribution in [2.45, 2.75) is 46.0 Å². The molecule has 0 atom stereocenters. The largest absolute Gasteiger partial charge is 0.462 e. The molecule has 0 aromatic heterocycles. The molecule has 0 saturated heterocycles. The van der Waals surface area contributed by atoms with Crippen LogP contribution < -0.4 is 0 Å². The Hall–Kier alpha value is -1.34. The highest BCUT2D eigenvalue weighted by Gasteiger charge is 2.43. The maximum Gasteiger partial charge on any atom is 0.377 e. The molecule has 4 nitrogen and oxygen atoms in total. The Kier molecular flexibility index (Phi) is 6.95. The molecule has 0 radical (unpaired) electrons. The summed E-state index contributed by atoms with van der Waals surface area (Å²) in [6.07, 6.45) is -4.70. The van der Waals surface area contributed by atoms with Gasteiger partial charge in [-0.3, -0.25) is 4.79 Å². The normalized spacial score (nSPS) is 12.4. The van der Waals surface area contributed by atoms with Gasteiger partial charge in [0.25, 0.3) is 0 Å². The van der Waals surface area contributed by atoms with Crippen molar-refractivity contribution < 1.29 is 36.6 Å². The van der Waals surface area contributed by atoms with E-state index in [9.17, 15) is 27.2 Å². The molecular weight excluding hydrogens is 284 g/mol. The van der Waals surface area contributed by atoms with Gasteiger partial charge in [-0.05, 0) is 20.3 Å². The number of carbonyl (C=O) groups excluding carboxylic acids is 2. The highest BCUT2D eigenvalue weighted by Crippen LogP contribution is 2.24. The fraction of sp³-hybridized carbons (Fsp3) is 0.833. The maximum atomic E-state index is 12.8. The SMILES string of the molecule is CCC(C)(C)C(=O)OCCOC(=O)C(F)(F)CC(F)F. The minimum atomic E-state index is -4.25. The van der Waals surface area contributed by atoms with Gasteiger partial charge in [0.1, 0.15) is 13.2 Å². The van der Waals surface area contributed by atoms with Crippen LogP contribution in [0.1, 0.15) is 33.6 Å². The van der Waals surface area contributed by atoms with Gasteiger partial charge in [0.15, 0.2) is 0 Å². The molecule has 0 rings (SSSR count). The van der Waals surface area contributed by atoms with Crippen LogP contribution in [0, 0.1) is 5.41 Å². The lowest BCUT2D eigenvalue weighted by Crippen LogP contribution is -2.34. The number of hydrogen-bond acceptors (Lipinski definition) is 4. The fourth-order valence-corrected chi connectivity index (χ4v) is 0.991. The molecule has 0 heterocycles. The third kappa shape index (κ3) is 6.21. The van der Waals surface area contributed by atoms with Crippen LogP contribution in [0.25, 0.3) is 0 Å². The molecule has 0 amide bonds. The standard InChI is InChI=1S/C12H18F4O4/c1-4-11(2,3)9(17)19-5-6-20-10(18)12(15,16)7-8(13)14/h8H,4-7H2,1-3H3. The van der Waals surface area contributed by atoms with Gasteiger partial charge in [-0.1, -0.05) is 6.92 Å². The van der Waals surface area contributed by atoms with Crippen LogP contribution in [-0.2, 0) is 19.1 Å². The quantitative estimate of drug-likeness (QED) is 0.393. The van der Waals surface area contributed by atoms with Crippen LogP contribution in [0.4, 0.5) is 17.6 Å². The molecule has 0 aliphatic heterocycles. The first kappa shape index (κ1) is 18.7. The molecule has 0 aromatic carbocycles. The van der Waals surface area contributed by atoms with Crippen LogP contribution in [0.15, 0.2) is 0 Å². The Bertz CT molecular complexity index is 342. The van der Waals surface area contributed by atoms with Gasteiger partial charge in [-0.15, -0.1) is 0 Å². The molecule has 0 saturated carbocycles. The Balaban J connectivity index is 4.08. The third-order valence-corrected chi connectivity index (χ3v) is 2.70. The highest BCUT2D eigenvalue weighted by atomic mass is 19.3. The second-order valence-electron chi connectivity index (χ2n) is 4.81. The molecule has 0 spiro atoms. The summed E-state index contributed by atoms with van der Waals surface area (Å²) in [6, 6.07) is 0. The summed E-state index contributed by atoms with van der Waals surface area (Å²) >= 11 is 0. The smallest absolute Gasteiger partial charge is 0.377 e. The summed E-state index contributed by atoms with van der Waals surface area (Å²) < 4.78 is 58.1. The van der Waals surface area contributed by atoms with Gasteiger partial charge < -0.3 is 9.47 Å². The summed E-state index contributed by atoms with van der Waals surface area (Å²) in [5.41, 5.74) is -0.733. The zero-order valence-corrected chi connectivity index (χ0v) is 11.6. The number of rotatable bonds is 8. The number of hydrogen-bond donors (Lipinski definition) is 0. The third-order valence-electron chi connectivity index (χ3n) is 2.70. The average molecular weight is 302 g/mol. The van der Waals surface area contributed by atoms with Gasteiger partial charge in [0.05, 0.1) is 11.8 Å². The first-order chi connectivity index (χ1) is 9.03. The van der Waals surface area contributed by atoms with Crippen molar-refractivity contribution in [2.75, 3.05) is 13.2 Å². The summed E-state index contributed by atoms with van der Waals surface area (Å²) in [5, 5.41) is 0. The Labute approximate surface area is 114 Å². The first-order valence-corrected chi connectivity index (χ1v) is 6.03. The predicted octanol–water partition coefficient (Wildman–Crippen LogP) is 2.80. The second kappa shape index (κ2) is 7.44. The van der Waals surface area contributed by atoms with E-state index < -0.39 is 49.3 Å².